The number of fused-ring (bicyclic) bond motifs is 1. The minimum atomic E-state index is -1.10. The number of carbonyl (C=O) groups is 5. The normalized spacial score (nSPS) is 23.0. The Hall–Kier alpha value is -3.10. The van der Waals surface area contributed by atoms with Crippen LogP contribution in [0.25, 0.3) is 0 Å². The molecule has 0 saturated carbocycles. The third-order valence-corrected chi connectivity index (χ3v) is 4.93. The summed E-state index contributed by atoms with van der Waals surface area (Å²) in [6.45, 7) is 0.665. The number of benzene rings is 1. The second kappa shape index (κ2) is 5.72. The van der Waals surface area contributed by atoms with Gasteiger partial charge in [-0.15, -0.1) is 0 Å². The Labute approximate surface area is 146 Å². The van der Waals surface area contributed by atoms with Crippen LogP contribution in [-0.4, -0.2) is 53.9 Å². The molecule has 3 heterocycles. The molecule has 1 atom stereocenters. The van der Waals surface area contributed by atoms with Gasteiger partial charge in [-0.1, -0.05) is 0 Å². The third-order valence-electron chi connectivity index (χ3n) is 4.93. The Kier molecular flexibility index (Phi) is 3.60. The van der Waals surface area contributed by atoms with Crippen molar-refractivity contribution < 1.29 is 28.4 Å². The van der Waals surface area contributed by atoms with Crippen LogP contribution in [-0.2, 0) is 14.4 Å². The van der Waals surface area contributed by atoms with Crippen molar-refractivity contribution in [3.05, 3.63) is 29.1 Å². The molecule has 2 saturated heterocycles. The number of imide groups is 2. The highest BCUT2D eigenvalue weighted by Crippen LogP contribution is 2.37. The van der Waals surface area contributed by atoms with E-state index in [-0.39, 0.29) is 35.6 Å². The maximum atomic E-state index is 14.0. The average molecular weight is 359 g/mol. The zero-order valence-electron chi connectivity index (χ0n) is 13.5. The van der Waals surface area contributed by atoms with Crippen molar-refractivity contribution in [2.75, 3.05) is 18.0 Å². The Balaban J connectivity index is 1.71. The second-order valence-corrected chi connectivity index (χ2v) is 6.60. The molecule has 8 nitrogen and oxygen atoms in total. The first kappa shape index (κ1) is 16.4. The van der Waals surface area contributed by atoms with E-state index in [1.54, 1.807) is 4.90 Å². The molecule has 4 rings (SSSR count). The summed E-state index contributed by atoms with van der Waals surface area (Å²) in [7, 11) is 0. The van der Waals surface area contributed by atoms with Gasteiger partial charge < -0.3 is 9.69 Å². The summed E-state index contributed by atoms with van der Waals surface area (Å²) in [6.07, 6.45) is 0.835. The molecule has 9 heteroatoms. The number of piperidine rings is 1. The van der Waals surface area contributed by atoms with Crippen molar-refractivity contribution >= 4 is 35.6 Å². The first-order valence-corrected chi connectivity index (χ1v) is 8.16. The molecule has 26 heavy (non-hydrogen) atoms. The van der Waals surface area contributed by atoms with Crippen LogP contribution in [0.1, 0.15) is 33.6 Å². The fraction of sp³-hybridized carbons (Fsp3) is 0.353. The largest absolute Gasteiger partial charge is 0.369 e. The smallest absolute Gasteiger partial charge is 0.264 e. The summed E-state index contributed by atoms with van der Waals surface area (Å²) in [6, 6.07) is 1.02. The van der Waals surface area contributed by atoms with Gasteiger partial charge in [-0.2, -0.15) is 0 Å². The lowest BCUT2D eigenvalue weighted by Crippen LogP contribution is -2.54. The minimum absolute atomic E-state index is 0.0121. The van der Waals surface area contributed by atoms with Crippen molar-refractivity contribution in [1.82, 2.24) is 10.2 Å². The van der Waals surface area contributed by atoms with Gasteiger partial charge in [0.05, 0.1) is 16.8 Å². The van der Waals surface area contributed by atoms with E-state index in [2.05, 4.69) is 5.32 Å². The van der Waals surface area contributed by atoms with E-state index in [9.17, 15) is 28.4 Å². The van der Waals surface area contributed by atoms with Gasteiger partial charge >= 0.3 is 0 Å². The van der Waals surface area contributed by atoms with Gasteiger partial charge in [0.15, 0.2) is 0 Å². The number of hydrogen-bond acceptors (Lipinski definition) is 6. The number of rotatable bonds is 3. The second-order valence-electron chi connectivity index (χ2n) is 6.60. The maximum absolute atomic E-state index is 14.0. The van der Waals surface area contributed by atoms with E-state index in [4.69, 9.17) is 0 Å². The van der Waals surface area contributed by atoms with Crippen molar-refractivity contribution in [2.45, 2.75) is 18.9 Å². The van der Waals surface area contributed by atoms with Gasteiger partial charge in [-0.3, -0.25) is 29.4 Å². The monoisotopic (exact) mass is 359 g/mol. The Morgan fingerprint density at radius 1 is 1.12 bits per heavy atom. The number of aldehydes is 1. The molecule has 3 aliphatic rings. The molecule has 1 N–H and O–H groups in total. The number of amides is 4. The predicted molar refractivity (Wildman–Crippen MR) is 84.8 cm³/mol. The number of hydrogen-bond donors (Lipinski definition) is 1. The van der Waals surface area contributed by atoms with Gasteiger partial charge in [0, 0.05) is 25.4 Å². The first-order valence-electron chi connectivity index (χ1n) is 8.16. The molecule has 3 aliphatic heterocycles. The van der Waals surface area contributed by atoms with Crippen LogP contribution in [0, 0.1) is 11.7 Å². The van der Waals surface area contributed by atoms with Gasteiger partial charge in [0.1, 0.15) is 18.1 Å². The standard InChI is InChI=1S/C17H14FN3O5/c18-9-3-10-14(12(4-9)20-5-8(6-20)7-22)17(26)21(16(10)25)11-1-2-13(23)19-15(11)24/h3-4,7-8,11H,1-2,5-6H2,(H,19,23,24). The minimum Gasteiger partial charge on any atom is -0.369 e. The molecule has 1 aromatic rings. The van der Waals surface area contributed by atoms with Gasteiger partial charge in [0.25, 0.3) is 11.8 Å². The van der Waals surface area contributed by atoms with E-state index in [0.29, 0.717) is 13.1 Å². The van der Waals surface area contributed by atoms with Crippen molar-refractivity contribution in [3.63, 3.8) is 0 Å². The Morgan fingerprint density at radius 2 is 1.85 bits per heavy atom. The molecule has 134 valence electrons. The van der Waals surface area contributed by atoms with Crippen LogP contribution < -0.4 is 10.2 Å². The molecule has 0 bridgehead atoms. The Morgan fingerprint density at radius 3 is 2.50 bits per heavy atom. The quantitative estimate of drug-likeness (QED) is 0.595. The fourth-order valence-corrected chi connectivity index (χ4v) is 3.58. The van der Waals surface area contributed by atoms with E-state index in [0.717, 1.165) is 23.3 Å². The fourth-order valence-electron chi connectivity index (χ4n) is 3.58. The highest BCUT2D eigenvalue weighted by Gasteiger charge is 2.47. The number of nitrogens with one attached hydrogen (secondary N) is 1. The molecule has 1 aromatic carbocycles. The van der Waals surface area contributed by atoms with Crippen LogP contribution in [0.3, 0.4) is 0 Å². The highest BCUT2D eigenvalue weighted by molar-refractivity contribution is 6.25. The highest BCUT2D eigenvalue weighted by atomic mass is 19.1. The van der Waals surface area contributed by atoms with Crippen molar-refractivity contribution in [1.29, 1.82) is 0 Å². The molecule has 0 radical (unpaired) electrons. The van der Waals surface area contributed by atoms with Crippen LogP contribution in [0.15, 0.2) is 12.1 Å². The third kappa shape index (κ3) is 2.31. The lowest BCUT2D eigenvalue weighted by Gasteiger charge is -2.39. The SMILES string of the molecule is O=CC1CN(c2cc(F)cc3c2C(=O)N(C2CCC(=O)NC2=O)C3=O)C1. The van der Waals surface area contributed by atoms with Gasteiger partial charge in [0.2, 0.25) is 11.8 Å². The van der Waals surface area contributed by atoms with E-state index in [1.807, 2.05) is 0 Å². The number of halogens is 1. The van der Waals surface area contributed by atoms with Crippen molar-refractivity contribution in [3.8, 4) is 0 Å². The molecule has 0 aromatic heterocycles. The molecule has 1 unspecified atom stereocenters. The van der Waals surface area contributed by atoms with Crippen LogP contribution in [0.2, 0.25) is 0 Å². The summed E-state index contributed by atoms with van der Waals surface area (Å²) in [5.74, 6) is -3.51. The zero-order chi connectivity index (χ0) is 18.6. The predicted octanol–water partition coefficient (Wildman–Crippen LogP) is -0.138. The molecular weight excluding hydrogens is 345 g/mol. The first-order chi connectivity index (χ1) is 12.4. The summed E-state index contributed by atoms with van der Waals surface area (Å²) < 4.78 is 14.0. The number of anilines is 1. The van der Waals surface area contributed by atoms with Gasteiger partial charge in [-0.05, 0) is 18.6 Å². The average Bonchev–Trinajstić information content (AvgIpc) is 2.78. The van der Waals surface area contributed by atoms with E-state index < -0.39 is 35.5 Å². The van der Waals surface area contributed by atoms with E-state index in [1.165, 1.54) is 0 Å². The molecule has 2 fully saturated rings. The lowest BCUT2D eigenvalue weighted by atomic mass is 9.97. The molecule has 0 spiro atoms. The Bertz CT molecular complexity index is 877. The maximum Gasteiger partial charge on any atom is 0.264 e. The van der Waals surface area contributed by atoms with Crippen LogP contribution in [0.5, 0.6) is 0 Å². The van der Waals surface area contributed by atoms with Crippen LogP contribution in [0.4, 0.5) is 10.1 Å². The number of carbonyl (C=O) groups excluding carboxylic acids is 5. The topological polar surface area (TPSA) is 104 Å². The summed E-state index contributed by atoms with van der Waals surface area (Å²) in [5, 5.41) is 2.11. The van der Waals surface area contributed by atoms with Crippen LogP contribution >= 0.6 is 0 Å². The summed E-state index contributed by atoms with van der Waals surface area (Å²) in [4.78, 5) is 62.2. The molecule has 4 amide bonds. The van der Waals surface area contributed by atoms with E-state index >= 15 is 0 Å². The van der Waals surface area contributed by atoms with Gasteiger partial charge in [-0.25, -0.2) is 4.39 Å². The van der Waals surface area contributed by atoms with Crippen molar-refractivity contribution in [2.24, 2.45) is 5.92 Å². The molecular formula is C17H14FN3O5. The molecule has 0 aliphatic carbocycles. The zero-order valence-corrected chi connectivity index (χ0v) is 13.5. The summed E-state index contributed by atoms with van der Waals surface area (Å²) >= 11 is 0. The lowest BCUT2D eigenvalue weighted by molar-refractivity contribution is -0.136. The number of nitrogens with zero attached hydrogens (tertiary/aromatic N) is 2. The summed E-state index contributed by atoms with van der Waals surface area (Å²) in [5.41, 5.74) is 0.168.